The predicted octanol–water partition coefficient (Wildman–Crippen LogP) is -1.82. The molecule has 64 valence electrons. The Bertz CT molecular complexity index is 237. The molecule has 1 aromatic carbocycles. The first-order chi connectivity index (χ1) is 5.97. The van der Waals surface area contributed by atoms with Gasteiger partial charge in [-0.15, -0.1) is 0 Å². The molecule has 1 aliphatic heterocycles. The van der Waals surface area contributed by atoms with Crippen molar-refractivity contribution in [1.82, 2.24) is 0 Å². The van der Waals surface area contributed by atoms with Crippen molar-refractivity contribution in [1.29, 1.82) is 0 Å². The Morgan fingerprint density at radius 1 is 1.00 bits per heavy atom. The van der Waals surface area contributed by atoms with Crippen LogP contribution in [-0.4, -0.2) is 29.3 Å². The van der Waals surface area contributed by atoms with E-state index in [2.05, 4.69) is 12.1 Å². The highest BCUT2D eigenvalue weighted by atomic mass is 28.4. The van der Waals surface area contributed by atoms with Gasteiger partial charge in [0.05, 0.1) is 0 Å². The summed E-state index contributed by atoms with van der Waals surface area (Å²) in [4.78, 5) is 0. The molecule has 0 amide bonds. The van der Waals surface area contributed by atoms with Gasteiger partial charge in [-0.3, -0.25) is 0 Å². The van der Waals surface area contributed by atoms with E-state index in [-0.39, 0.29) is 0 Å². The molecule has 0 saturated carbocycles. The van der Waals surface area contributed by atoms with Crippen LogP contribution in [0.4, 0.5) is 0 Å². The summed E-state index contributed by atoms with van der Waals surface area (Å²) in [5, 5.41) is 1.24. The second kappa shape index (κ2) is 4.12. The van der Waals surface area contributed by atoms with E-state index < -0.39 is 29.3 Å². The van der Waals surface area contributed by atoms with Crippen molar-refractivity contribution in [2.24, 2.45) is 0 Å². The Labute approximate surface area is 77.6 Å². The molecule has 1 aromatic rings. The maximum absolute atomic E-state index is 5.53. The molecule has 1 heterocycles. The van der Waals surface area contributed by atoms with E-state index in [4.69, 9.17) is 12.3 Å². The smallest absolute Gasteiger partial charge is 0.337 e. The van der Waals surface area contributed by atoms with Crippen LogP contribution in [0, 0.1) is 0 Å². The fraction of sp³-hybridized carbons (Fsp3) is 0. The summed E-state index contributed by atoms with van der Waals surface area (Å²) >= 11 is 0. The van der Waals surface area contributed by atoms with Crippen molar-refractivity contribution in [2.45, 2.75) is 0 Å². The van der Waals surface area contributed by atoms with Crippen molar-refractivity contribution < 1.29 is 12.3 Å². The van der Waals surface area contributed by atoms with Crippen molar-refractivity contribution >= 4 is 34.5 Å². The van der Waals surface area contributed by atoms with Crippen LogP contribution in [0.25, 0.3) is 0 Å². The maximum Gasteiger partial charge on any atom is 0.337 e. The molecule has 0 atom stereocenters. The minimum absolute atomic E-state index is 0.684. The van der Waals surface area contributed by atoms with Crippen molar-refractivity contribution in [2.75, 3.05) is 0 Å². The summed E-state index contributed by atoms with van der Waals surface area (Å²) in [7, 11) is -2.85. The number of rotatable bonds is 1. The van der Waals surface area contributed by atoms with Gasteiger partial charge in [0.1, 0.15) is 0 Å². The Kier molecular flexibility index (Phi) is 2.87. The molecule has 0 unspecified atom stereocenters. The van der Waals surface area contributed by atoms with Gasteiger partial charge >= 0.3 is 9.28 Å². The van der Waals surface area contributed by atoms with Crippen LogP contribution in [0.1, 0.15) is 0 Å². The number of hydrogen-bond donors (Lipinski definition) is 0. The Hall–Kier alpha value is -0.249. The van der Waals surface area contributed by atoms with Gasteiger partial charge in [-0.25, -0.2) is 0 Å². The van der Waals surface area contributed by atoms with E-state index in [1.54, 1.807) is 0 Å². The number of hydrogen-bond acceptors (Lipinski definition) is 3. The summed E-state index contributed by atoms with van der Waals surface area (Å²) in [5.74, 6) is 0. The molecule has 2 rings (SSSR count). The second-order valence-corrected chi connectivity index (χ2v) is 8.62. The van der Waals surface area contributed by atoms with Gasteiger partial charge in [0.25, 0.3) is 20.0 Å². The Morgan fingerprint density at radius 2 is 1.67 bits per heavy atom. The van der Waals surface area contributed by atoms with Crippen LogP contribution in [0.5, 0.6) is 0 Å². The first-order valence-electron chi connectivity index (χ1n) is 3.83. The molecule has 0 radical (unpaired) electrons. The lowest BCUT2D eigenvalue weighted by Gasteiger charge is -2.22. The molecule has 6 heteroatoms. The zero-order valence-electron chi connectivity index (χ0n) is 6.60. The Morgan fingerprint density at radius 3 is 2.33 bits per heavy atom. The third-order valence-electron chi connectivity index (χ3n) is 1.68. The molecular weight excluding hydrogens is 204 g/mol. The van der Waals surface area contributed by atoms with Gasteiger partial charge in [0, 0.05) is 0 Å². The minimum Gasteiger partial charge on any atom is -0.425 e. The van der Waals surface area contributed by atoms with E-state index >= 15 is 0 Å². The zero-order valence-corrected chi connectivity index (χ0v) is 10.6. The third-order valence-corrected chi connectivity index (χ3v) is 7.45. The molecule has 0 aromatic heterocycles. The van der Waals surface area contributed by atoms with E-state index in [9.17, 15) is 0 Å². The largest absolute Gasteiger partial charge is 0.425 e. The fourth-order valence-corrected chi connectivity index (χ4v) is 8.19. The van der Waals surface area contributed by atoms with Crippen LogP contribution in [0.3, 0.4) is 0 Å². The standard InChI is InChI=1S/C6H10O3Si3/c1-2-4-6(5-3-1)12-8-10-7-11-9-12/h1-5,12H,10-11H2. The average molecular weight is 214 g/mol. The molecule has 0 aliphatic carbocycles. The summed E-state index contributed by atoms with van der Waals surface area (Å²) in [5.41, 5.74) is 0. The first-order valence-corrected chi connectivity index (χ1v) is 7.66. The lowest BCUT2D eigenvalue weighted by atomic mass is 10.4. The van der Waals surface area contributed by atoms with Crippen LogP contribution in [-0.2, 0) is 12.3 Å². The quantitative estimate of drug-likeness (QED) is 0.515. The lowest BCUT2D eigenvalue weighted by molar-refractivity contribution is 0.334. The number of benzene rings is 1. The van der Waals surface area contributed by atoms with Crippen LogP contribution in [0.2, 0.25) is 0 Å². The fourth-order valence-electron chi connectivity index (χ4n) is 1.10. The van der Waals surface area contributed by atoms with E-state index in [0.717, 1.165) is 0 Å². The van der Waals surface area contributed by atoms with Crippen LogP contribution in [0.15, 0.2) is 30.3 Å². The van der Waals surface area contributed by atoms with Gasteiger partial charge in [0.2, 0.25) is 0 Å². The van der Waals surface area contributed by atoms with Gasteiger partial charge in [-0.05, 0) is 5.19 Å². The SMILES string of the molecule is c1ccc([SiH]2O[SiH2]O[SiH2]O2)cc1. The normalized spacial score (nSPS) is 27.8. The maximum atomic E-state index is 5.53. The topological polar surface area (TPSA) is 27.7 Å². The molecule has 1 fully saturated rings. The highest BCUT2D eigenvalue weighted by Gasteiger charge is 2.19. The zero-order chi connectivity index (χ0) is 8.23. The summed E-state index contributed by atoms with van der Waals surface area (Å²) in [6, 6.07) is 10.2. The average Bonchev–Trinajstić information content (AvgIpc) is 2.21. The predicted molar refractivity (Wildman–Crippen MR) is 53.6 cm³/mol. The highest BCUT2D eigenvalue weighted by Crippen LogP contribution is 1.96. The summed E-state index contributed by atoms with van der Waals surface area (Å²) in [6.07, 6.45) is 0. The molecule has 3 nitrogen and oxygen atoms in total. The summed E-state index contributed by atoms with van der Waals surface area (Å²) < 4.78 is 16.3. The molecular formula is C6H10O3Si3. The lowest BCUT2D eigenvalue weighted by Crippen LogP contribution is -2.44. The van der Waals surface area contributed by atoms with Crippen molar-refractivity contribution in [3.05, 3.63) is 30.3 Å². The van der Waals surface area contributed by atoms with Gasteiger partial charge in [-0.1, -0.05) is 30.3 Å². The van der Waals surface area contributed by atoms with E-state index in [1.807, 2.05) is 18.2 Å². The monoisotopic (exact) mass is 214 g/mol. The van der Waals surface area contributed by atoms with E-state index in [1.165, 1.54) is 5.19 Å². The molecule has 0 spiro atoms. The van der Waals surface area contributed by atoms with Crippen molar-refractivity contribution in [3.8, 4) is 0 Å². The molecule has 12 heavy (non-hydrogen) atoms. The van der Waals surface area contributed by atoms with Gasteiger partial charge in [-0.2, -0.15) is 0 Å². The van der Waals surface area contributed by atoms with Crippen LogP contribution >= 0.6 is 0 Å². The second-order valence-electron chi connectivity index (χ2n) is 2.52. The third kappa shape index (κ3) is 1.91. The summed E-state index contributed by atoms with van der Waals surface area (Å²) in [6.45, 7) is 0. The molecule has 0 bridgehead atoms. The highest BCUT2D eigenvalue weighted by molar-refractivity contribution is 6.71. The van der Waals surface area contributed by atoms with Crippen molar-refractivity contribution in [3.63, 3.8) is 0 Å². The van der Waals surface area contributed by atoms with Gasteiger partial charge in [0.15, 0.2) is 0 Å². The first kappa shape index (κ1) is 8.35. The molecule has 1 aliphatic rings. The Balaban J connectivity index is 2.08. The van der Waals surface area contributed by atoms with Gasteiger partial charge < -0.3 is 12.3 Å². The van der Waals surface area contributed by atoms with Crippen LogP contribution < -0.4 is 5.19 Å². The molecule has 0 N–H and O–H groups in total. The molecule has 1 saturated heterocycles. The van der Waals surface area contributed by atoms with E-state index in [0.29, 0.717) is 0 Å². The minimum atomic E-state index is -1.49.